The van der Waals surface area contributed by atoms with Crippen LogP contribution in [0.15, 0.2) is 159 Å². The Labute approximate surface area is 666 Å². The maximum atomic E-state index is 12.8. The Morgan fingerprint density at radius 1 is 0.306 bits per heavy atom. The van der Waals surface area contributed by atoms with E-state index in [9.17, 15) is 10.2 Å². The van der Waals surface area contributed by atoms with Crippen LogP contribution in [0.2, 0.25) is 0 Å². The minimum absolute atomic E-state index is 0. The van der Waals surface area contributed by atoms with E-state index in [0.717, 1.165) is 55.8 Å². The normalized spacial score (nSPS) is 12.7. The van der Waals surface area contributed by atoms with Crippen LogP contribution < -0.4 is 0 Å². The van der Waals surface area contributed by atoms with Crippen molar-refractivity contribution in [2.45, 2.75) is 209 Å². The zero-order valence-electron chi connectivity index (χ0n) is 66.9. The van der Waals surface area contributed by atoms with Crippen LogP contribution in [0.25, 0.3) is 124 Å². The van der Waals surface area contributed by atoms with E-state index < -0.39 is 10.8 Å². The first-order valence-electron chi connectivity index (χ1n) is 36.8. The predicted octanol–water partition coefficient (Wildman–Crippen LogP) is 22.2. The molecule has 0 unspecified atom stereocenters. The second kappa shape index (κ2) is 28.7. The summed E-state index contributed by atoms with van der Waals surface area (Å²) in [4.78, 5) is 48.8. The third-order valence-electron chi connectivity index (χ3n) is 20.3. The third-order valence-corrected chi connectivity index (χ3v) is 20.3. The van der Waals surface area contributed by atoms with Gasteiger partial charge in [-0.1, -0.05) is 243 Å². The maximum absolute atomic E-state index is 12.8. The summed E-state index contributed by atoms with van der Waals surface area (Å²) >= 11 is 0. The smallest absolute Gasteiger partial charge is 0.148 e. The van der Waals surface area contributed by atoms with E-state index in [-0.39, 0.29) is 86.1 Å². The topological polar surface area (TPSA) is 179 Å². The number of para-hydroxylation sites is 2. The van der Waals surface area contributed by atoms with Crippen LogP contribution in [0, 0.1) is 12.1 Å². The molecule has 8 aromatic carbocycles. The molecular weight excluding hydrogens is 1700 g/mol. The van der Waals surface area contributed by atoms with Crippen molar-refractivity contribution in [3.63, 3.8) is 0 Å². The van der Waals surface area contributed by atoms with Crippen molar-refractivity contribution in [3.8, 4) is 113 Å². The van der Waals surface area contributed by atoms with Crippen LogP contribution >= 0.6 is 0 Å². The fourth-order valence-corrected chi connectivity index (χ4v) is 13.7. The number of hydrogen-bond acceptors (Lipinski definition) is 12. The summed E-state index contributed by atoms with van der Waals surface area (Å²) in [6.45, 7) is 53.2. The predicted molar refractivity (Wildman–Crippen MR) is 432 cm³/mol. The number of phenols is 2. The van der Waals surface area contributed by atoms with Gasteiger partial charge in [-0.25, -0.2) is 39.9 Å². The van der Waals surface area contributed by atoms with Crippen molar-refractivity contribution in [2.75, 3.05) is 0 Å². The number of fused-ring (bicyclic) bond motifs is 2. The molecule has 0 amide bonds. The van der Waals surface area contributed by atoms with Gasteiger partial charge in [0.25, 0.3) is 0 Å². The van der Waals surface area contributed by atoms with Crippen LogP contribution in [0.3, 0.4) is 0 Å². The molecule has 5 heterocycles. The Kier molecular flexibility index (Phi) is 21.2. The van der Waals surface area contributed by atoms with Gasteiger partial charge < -0.3 is 10.2 Å². The Morgan fingerprint density at radius 2 is 0.611 bits per heavy atom. The fraction of sp³-hybridized carbons (Fsp3) is 0.348. The monoisotopic (exact) mass is 1790 g/mol. The molecule has 0 saturated heterocycles. The number of nitrogens with zero attached hydrogens (tertiary/aromatic N) is 12. The van der Waals surface area contributed by atoms with Crippen molar-refractivity contribution in [2.24, 2.45) is 0 Å². The van der Waals surface area contributed by atoms with E-state index in [1.54, 1.807) is 6.33 Å². The SMILES string of the molecule is CC(C)(C)c1cc(-n2c(-c3cc(C(C)(C)C)cc(C(C)(C)C)c3O)nc3c(-c4[c-]c(-c5cc(-c6[c-]c(-c7cccc8c7nc(-c7cc(C(C)(C)C)cc(C(C)(C)C)c7O)n8-c7cc(C(C)(C)C)cc(C(C)(C)C)c7)cc(-c7ncncn7)c6)ncn5)cc(-c5ncncn5)c4)cccc32)cc(C(C)(C)C)c1.[Pt].[Pt]. The van der Waals surface area contributed by atoms with Crippen molar-refractivity contribution in [3.05, 3.63) is 216 Å². The van der Waals surface area contributed by atoms with Gasteiger partial charge in [0.1, 0.15) is 60.1 Å². The zero-order valence-corrected chi connectivity index (χ0v) is 71.4. The molecule has 0 atom stereocenters. The molecule has 0 bridgehead atoms. The number of aromatic nitrogens is 12. The van der Waals surface area contributed by atoms with Crippen molar-refractivity contribution >= 4 is 22.1 Å². The Balaban J connectivity index is 0.00000580. The molecule has 562 valence electrons. The molecule has 16 heteroatoms. The molecule has 0 fully saturated rings. The van der Waals surface area contributed by atoms with Crippen LogP contribution in [-0.2, 0) is 85.5 Å². The van der Waals surface area contributed by atoms with E-state index in [1.807, 2.05) is 30.3 Å². The summed E-state index contributed by atoms with van der Waals surface area (Å²) in [7, 11) is 0. The zero-order chi connectivity index (χ0) is 76.5. The second-order valence-corrected chi connectivity index (χ2v) is 36.9. The Bertz CT molecular complexity index is 5180. The molecule has 5 aromatic heterocycles. The molecule has 0 spiro atoms. The first-order valence-corrected chi connectivity index (χ1v) is 36.8. The Hall–Kier alpha value is -9.22. The quantitative estimate of drug-likeness (QED) is 0.124. The van der Waals surface area contributed by atoms with Gasteiger partial charge in [0.05, 0.1) is 39.5 Å². The average molecular weight is 1800 g/mol. The van der Waals surface area contributed by atoms with Gasteiger partial charge in [0, 0.05) is 76.0 Å². The first-order chi connectivity index (χ1) is 49.4. The summed E-state index contributed by atoms with van der Waals surface area (Å²) in [6, 6.07) is 52.6. The molecule has 13 aromatic rings. The van der Waals surface area contributed by atoms with Gasteiger partial charge >= 0.3 is 0 Å². The summed E-state index contributed by atoms with van der Waals surface area (Å²) < 4.78 is 4.47. The number of rotatable bonds is 10. The summed E-state index contributed by atoms with van der Waals surface area (Å²) in [5.74, 6) is 2.51. The van der Waals surface area contributed by atoms with Gasteiger partial charge in [-0.2, -0.15) is 0 Å². The van der Waals surface area contributed by atoms with Gasteiger partial charge in [-0.15, -0.1) is 47.5 Å². The standard InChI is InChI=1S/C92H100N12O2.2Pt/c1-85(2,3)59-37-60(86(4,5)6)40-65(39-59)103-75-29-25-27-67(77(75)101-83(103)69-43-63(89(13,14)15)45-71(79(69)105)91(19,20)21)53-31-55(35-57(33-53)81-97-48-93-49-98-81)73-47-74(96-52-95-73)56-32-54(34-58(36-56)82-99-50-94-51-100-82)68-28-26-30-76-78(68)102-84(70-44-64(90(16,17)18)46-72(80(70)106)92(22,23)24)104(76)66-41-61(87(7,8)9)38-62(42-66)88(10,11)12;;/h25-30,33-52,105-106H,1-24H3;;/q-2;;. The summed E-state index contributed by atoms with van der Waals surface area (Å²) in [6.07, 6.45) is 7.58. The third kappa shape index (κ3) is 15.8. The summed E-state index contributed by atoms with van der Waals surface area (Å²) in [5.41, 5.74) is 19.5. The number of hydrogen-bond donors (Lipinski definition) is 2. The van der Waals surface area contributed by atoms with Crippen LogP contribution in [0.4, 0.5) is 0 Å². The molecular formula is C92H100N12O2Pt2-2. The molecule has 0 radical (unpaired) electrons. The molecule has 14 nitrogen and oxygen atoms in total. The number of aromatic hydroxyl groups is 2. The molecule has 0 aliphatic carbocycles. The van der Waals surface area contributed by atoms with E-state index in [1.165, 1.54) is 47.6 Å². The van der Waals surface area contributed by atoms with E-state index >= 15 is 0 Å². The van der Waals surface area contributed by atoms with Gasteiger partial charge in [0.2, 0.25) is 0 Å². The van der Waals surface area contributed by atoms with E-state index in [0.29, 0.717) is 90.2 Å². The number of imidazole rings is 2. The van der Waals surface area contributed by atoms with Crippen molar-refractivity contribution in [1.82, 2.24) is 59.0 Å². The van der Waals surface area contributed by atoms with Crippen LogP contribution in [-0.4, -0.2) is 69.2 Å². The second-order valence-electron chi connectivity index (χ2n) is 36.9. The minimum atomic E-state index is -0.406. The number of benzene rings is 8. The maximum Gasteiger partial charge on any atom is 0.148 e. The van der Waals surface area contributed by atoms with Crippen molar-refractivity contribution < 1.29 is 52.3 Å². The molecule has 2 N–H and O–H groups in total. The largest absolute Gasteiger partial charge is 0.507 e. The van der Waals surface area contributed by atoms with Gasteiger partial charge in [0.15, 0.2) is 0 Å². The van der Waals surface area contributed by atoms with Crippen LogP contribution in [0.5, 0.6) is 11.5 Å². The molecule has 0 saturated carbocycles. The first kappa shape index (κ1) is 79.8. The summed E-state index contributed by atoms with van der Waals surface area (Å²) in [5, 5.41) is 25.7. The molecule has 0 aliphatic rings. The minimum Gasteiger partial charge on any atom is -0.507 e. The average Bonchev–Trinajstić information content (AvgIpc) is 1.56. The Morgan fingerprint density at radius 3 is 0.917 bits per heavy atom. The van der Waals surface area contributed by atoms with Crippen LogP contribution in [0.1, 0.15) is 211 Å². The van der Waals surface area contributed by atoms with E-state index in [4.69, 9.17) is 39.9 Å². The molecule has 13 rings (SSSR count). The van der Waals surface area contributed by atoms with Crippen molar-refractivity contribution in [1.29, 1.82) is 0 Å². The van der Waals surface area contributed by atoms with Gasteiger partial charge in [-0.05, 0) is 136 Å². The number of phenolic OH excluding ortho intramolecular Hbond substituents is 2. The fourth-order valence-electron chi connectivity index (χ4n) is 13.7. The molecule has 0 aliphatic heterocycles. The van der Waals surface area contributed by atoms with E-state index in [2.05, 4.69) is 294 Å². The molecule has 108 heavy (non-hydrogen) atoms. The van der Waals surface area contributed by atoms with Gasteiger partial charge in [-0.3, -0.25) is 19.1 Å².